The molecule has 0 amide bonds. The van der Waals surface area contributed by atoms with Crippen molar-refractivity contribution in [1.82, 2.24) is 0 Å². The molecule has 0 radical (unpaired) electrons. The van der Waals surface area contributed by atoms with Crippen molar-refractivity contribution in [3.63, 3.8) is 0 Å². The zero-order valence-electron chi connectivity index (χ0n) is 9.01. The molecule has 0 spiro atoms. The lowest BCUT2D eigenvalue weighted by Gasteiger charge is -2.20. The van der Waals surface area contributed by atoms with Crippen LogP contribution in [0.25, 0.3) is 0 Å². The van der Waals surface area contributed by atoms with Gasteiger partial charge in [0, 0.05) is 24.3 Å². The second-order valence-corrected chi connectivity index (χ2v) is 6.57. The van der Waals surface area contributed by atoms with E-state index in [-0.39, 0.29) is 12.0 Å². The summed E-state index contributed by atoms with van der Waals surface area (Å²) in [7, 11) is 0. The topological polar surface area (TPSA) is 66.8 Å². The van der Waals surface area contributed by atoms with Gasteiger partial charge in [-0.25, -0.2) is 4.79 Å². The second kappa shape index (κ2) is 6.32. The molecule has 4 nitrogen and oxygen atoms in total. The predicted molar refractivity (Wildman–Crippen MR) is 80.1 cm³/mol. The summed E-state index contributed by atoms with van der Waals surface area (Å²) in [4.78, 5) is 11.8. The number of ether oxygens (including phenoxy) is 1. The Morgan fingerprint density at radius 2 is 1.78 bits per heavy atom. The van der Waals surface area contributed by atoms with Crippen LogP contribution in [0.1, 0.15) is 23.7 Å². The van der Waals surface area contributed by atoms with Crippen molar-refractivity contribution in [2.24, 2.45) is 0 Å². The lowest BCUT2D eigenvalue weighted by molar-refractivity contribution is -0.308. The van der Waals surface area contributed by atoms with E-state index in [1.807, 2.05) is 0 Å². The van der Waals surface area contributed by atoms with E-state index < -0.39 is 11.9 Å². The van der Waals surface area contributed by atoms with Gasteiger partial charge in [0.15, 0.2) is 0 Å². The van der Waals surface area contributed by atoms with E-state index in [1.165, 1.54) is 13.0 Å². The first-order valence-electron chi connectivity index (χ1n) is 4.70. The van der Waals surface area contributed by atoms with Crippen molar-refractivity contribution < 1.29 is 19.7 Å². The molecule has 18 heavy (non-hydrogen) atoms. The summed E-state index contributed by atoms with van der Waals surface area (Å²) in [6.07, 6.45) is -0.130. The molecule has 0 aromatic heterocycles. The lowest BCUT2D eigenvalue weighted by atomic mass is 10.2. The average molecular weight is 512 g/mol. The first-order valence-corrected chi connectivity index (χ1v) is 7.88. The number of aliphatic hydroxyl groups is 2. The number of benzene rings is 1. The van der Waals surface area contributed by atoms with Gasteiger partial charge in [0.25, 0.3) is 0 Å². The molecule has 0 aliphatic heterocycles. The average Bonchev–Trinajstić information content (AvgIpc) is 2.30. The molecule has 0 aliphatic carbocycles. The Morgan fingerprint density at radius 1 is 1.22 bits per heavy atom. The summed E-state index contributed by atoms with van der Waals surface area (Å²) in [6, 6.07) is 1.51. The number of carbonyl (C=O) groups excluding carboxylic acids is 1. The summed E-state index contributed by atoms with van der Waals surface area (Å²) in [5.74, 6) is -3.31. The fourth-order valence-electron chi connectivity index (χ4n) is 0.997. The molecule has 0 unspecified atom stereocenters. The first-order chi connectivity index (χ1) is 8.19. The predicted octanol–water partition coefficient (Wildman–Crippen LogP) is 3.94. The molecule has 0 heterocycles. The van der Waals surface area contributed by atoms with E-state index in [4.69, 9.17) is 0 Å². The molecule has 0 bridgehead atoms. The van der Waals surface area contributed by atoms with E-state index >= 15 is 0 Å². The second-order valence-electron chi connectivity index (χ2n) is 3.33. The highest BCUT2D eigenvalue weighted by Gasteiger charge is 2.28. The number of rotatable bonds is 3. The molecule has 1 aromatic rings. The van der Waals surface area contributed by atoms with Crippen LogP contribution in [0.4, 0.5) is 0 Å². The van der Waals surface area contributed by atoms with Crippen LogP contribution >= 0.6 is 63.7 Å². The van der Waals surface area contributed by atoms with E-state index in [0.717, 1.165) is 4.47 Å². The Morgan fingerprint density at radius 3 is 2.28 bits per heavy atom. The molecule has 0 fully saturated rings. The van der Waals surface area contributed by atoms with Crippen LogP contribution < -0.4 is 0 Å². The molecule has 1 rings (SSSR count). The van der Waals surface area contributed by atoms with Crippen molar-refractivity contribution >= 4 is 69.7 Å². The Labute approximate surface area is 137 Å². The molecular formula is C10H8Br4O4. The van der Waals surface area contributed by atoms with Gasteiger partial charge in [-0.05, 0) is 69.8 Å². The number of esters is 1. The van der Waals surface area contributed by atoms with Gasteiger partial charge in [-0.1, -0.05) is 6.92 Å². The standard InChI is InChI=1S/C10H8Br4O4/c1-2-10(16,17)18-9(15)4-3-5(11)7(13)8(14)6(4)12/h3,16-17H,2H2,1H3. The SMILES string of the molecule is CCC(O)(O)OC(=O)c1cc(Br)c(Br)c(Br)c1Br. The fraction of sp³-hybridized carbons (Fsp3) is 0.300. The van der Waals surface area contributed by atoms with Crippen molar-refractivity contribution in [3.05, 3.63) is 29.5 Å². The van der Waals surface area contributed by atoms with E-state index in [2.05, 4.69) is 68.5 Å². The largest absolute Gasteiger partial charge is 0.404 e. The maximum atomic E-state index is 11.8. The van der Waals surface area contributed by atoms with E-state index in [0.29, 0.717) is 13.4 Å². The van der Waals surface area contributed by atoms with E-state index in [9.17, 15) is 15.0 Å². The minimum Gasteiger partial charge on any atom is -0.404 e. The summed E-state index contributed by atoms with van der Waals surface area (Å²) in [5.41, 5.74) is 0.165. The Kier molecular flexibility index (Phi) is 5.82. The van der Waals surface area contributed by atoms with Crippen molar-refractivity contribution in [3.8, 4) is 0 Å². The van der Waals surface area contributed by atoms with Gasteiger partial charge in [0.1, 0.15) is 0 Å². The zero-order valence-corrected chi connectivity index (χ0v) is 15.4. The Bertz CT molecular complexity index is 487. The molecule has 2 N–H and O–H groups in total. The molecular weight excluding hydrogens is 504 g/mol. The van der Waals surface area contributed by atoms with E-state index in [1.54, 1.807) is 0 Å². The summed E-state index contributed by atoms with van der Waals surface area (Å²) >= 11 is 13.1. The summed E-state index contributed by atoms with van der Waals surface area (Å²) in [6.45, 7) is 1.48. The molecule has 0 atom stereocenters. The lowest BCUT2D eigenvalue weighted by Crippen LogP contribution is -2.33. The summed E-state index contributed by atoms with van der Waals surface area (Å²) < 4.78 is 7.01. The number of halogens is 4. The summed E-state index contributed by atoms with van der Waals surface area (Å²) in [5, 5.41) is 18.6. The van der Waals surface area contributed by atoms with Crippen molar-refractivity contribution in [2.45, 2.75) is 19.3 Å². The highest BCUT2D eigenvalue weighted by Crippen LogP contribution is 2.39. The fourth-order valence-corrected chi connectivity index (χ4v) is 3.17. The molecule has 100 valence electrons. The molecule has 0 saturated heterocycles. The maximum Gasteiger partial charge on any atom is 0.343 e. The minimum atomic E-state index is -2.47. The Balaban J connectivity index is 3.15. The highest BCUT2D eigenvalue weighted by molar-refractivity contribution is 9.15. The van der Waals surface area contributed by atoms with Gasteiger partial charge in [-0.15, -0.1) is 0 Å². The quantitative estimate of drug-likeness (QED) is 0.279. The molecule has 0 aliphatic rings. The van der Waals surface area contributed by atoms with Gasteiger partial charge in [0.05, 0.1) is 5.56 Å². The van der Waals surface area contributed by atoms with Crippen LogP contribution in [0.5, 0.6) is 0 Å². The van der Waals surface area contributed by atoms with Crippen LogP contribution in [0.15, 0.2) is 24.0 Å². The monoisotopic (exact) mass is 508 g/mol. The maximum absolute atomic E-state index is 11.8. The van der Waals surface area contributed by atoms with Crippen LogP contribution in [-0.2, 0) is 4.74 Å². The van der Waals surface area contributed by atoms with Crippen LogP contribution in [-0.4, -0.2) is 22.2 Å². The van der Waals surface area contributed by atoms with Gasteiger partial charge >= 0.3 is 11.9 Å². The number of hydrogen-bond donors (Lipinski definition) is 2. The highest BCUT2D eigenvalue weighted by atomic mass is 79.9. The normalized spacial score (nSPS) is 11.5. The van der Waals surface area contributed by atoms with Crippen LogP contribution in [0.2, 0.25) is 0 Å². The molecule has 8 heteroatoms. The third kappa shape index (κ3) is 3.77. The smallest absolute Gasteiger partial charge is 0.343 e. The van der Waals surface area contributed by atoms with Gasteiger partial charge in [-0.3, -0.25) is 0 Å². The van der Waals surface area contributed by atoms with Crippen LogP contribution in [0.3, 0.4) is 0 Å². The number of hydrogen-bond acceptors (Lipinski definition) is 4. The minimum absolute atomic E-state index is 0.130. The van der Waals surface area contributed by atoms with Gasteiger partial charge < -0.3 is 14.9 Å². The van der Waals surface area contributed by atoms with Crippen molar-refractivity contribution in [1.29, 1.82) is 0 Å². The molecule has 1 aromatic carbocycles. The first kappa shape index (κ1) is 16.6. The zero-order chi connectivity index (χ0) is 14.1. The Hall–Kier alpha value is 0.530. The third-order valence-electron chi connectivity index (χ3n) is 2.04. The molecule has 0 saturated carbocycles. The van der Waals surface area contributed by atoms with Crippen molar-refractivity contribution in [2.75, 3.05) is 0 Å². The van der Waals surface area contributed by atoms with Gasteiger partial charge in [0.2, 0.25) is 0 Å². The number of carbonyl (C=O) groups is 1. The third-order valence-corrected chi connectivity index (χ3v) is 6.70. The van der Waals surface area contributed by atoms with Gasteiger partial charge in [-0.2, -0.15) is 0 Å². The van der Waals surface area contributed by atoms with Crippen LogP contribution in [0, 0.1) is 0 Å².